The Hall–Kier alpha value is -3.19. The molecule has 3 rings (SSSR count). The molecule has 1 aliphatic heterocycles. The lowest BCUT2D eigenvalue weighted by molar-refractivity contribution is -0.117. The van der Waals surface area contributed by atoms with Crippen molar-refractivity contribution in [3.63, 3.8) is 0 Å². The van der Waals surface area contributed by atoms with Gasteiger partial charge in [-0.2, -0.15) is 5.26 Å². The number of amides is 1. The predicted octanol–water partition coefficient (Wildman–Crippen LogP) is 3.73. The molecular formula is C21H19N3O. The van der Waals surface area contributed by atoms with E-state index in [-0.39, 0.29) is 12.5 Å². The van der Waals surface area contributed by atoms with Crippen LogP contribution in [0.5, 0.6) is 0 Å². The van der Waals surface area contributed by atoms with Crippen molar-refractivity contribution in [3.05, 3.63) is 77.9 Å². The van der Waals surface area contributed by atoms with Crippen molar-refractivity contribution in [1.82, 2.24) is 0 Å². The lowest BCUT2D eigenvalue weighted by Gasteiger charge is -2.22. The number of benzene rings is 2. The van der Waals surface area contributed by atoms with Gasteiger partial charge in [-0.05, 0) is 18.9 Å². The molecule has 0 aliphatic carbocycles. The van der Waals surface area contributed by atoms with Gasteiger partial charge in [-0.25, -0.2) is 0 Å². The molecule has 0 bridgehead atoms. The summed E-state index contributed by atoms with van der Waals surface area (Å²) >= 11 is 0. The Morgan fingerprint density at radius 1 is 1.12 bits per heavy atom. The molecule has 0 fully saturated rings. The van der Waals surface area contributed by atoms with E-state index in [0.717, 1.165) is 35.4 Å². The SMILES string of the molecule is N#C/C=C\CCCN1C(=O)CN=C(c2ccccc2)c2ccccc21. The minimum atomic E-state index is 0.00245. The van der Waals surface area contributed by atoms with Crippen molar-refractivity contribution in [2.75, 3.05) is 18.0 Å². The largest absolute Gasteiger partial charge is 0.310 e. The van der Waals surface area contributed by atoms with E-state index in [0.29, 0.717) is 6.54 Å². The number of allylic oxidation sites excluding steroid dienone is 2. The molecule has 1 heterocycles. The Kier molecular flexibility index (Phi) is 5.38. The number of hydrogen-bond donors (Lipinski definition) is 0. The lowest BCUT2D eigenvalue weighted by atomic mass is 10.00. The number of unbranched alkanes of at least 4 members (excludes halogenated alkanes) is 1. The summed E-state index contributed by atoms with van der Waals surface area (Å²) in [6.07, 6.45) is 4.89. The maximum absolute atomic E-state index is 12.6. The second-order valence-corrected chi connectivity index (χ2v) is 5.77. The Morgan fingerprint density at radius 2 is 1.88 bits per heavy atom. The first-order valence-electron chi connectivity index (χ1n) is 8.35. The highest BCUT2D eigenvalue weighted by Crippen LogP contribution is 2.27. The van der Waals surface area contributed by atoms with Gasteiger partial charge in [-0.15, -0.1) is 0 Å². The van der Waals surface area contributed by atoms with Crippen LogP contribution in [0.3, 0.4) is 0 Å². The van der Waals surface area contributed by atoms with Crippen LogP contribution in [0.4, 0.5) is 5.69 Å². The molecular weight excluding hydrogens is 310 g/mol. The summed E-state index contributed by atoms with van der Waals surface area (Å²) in [5.74, 6) is 0.00245. The number of hydrogen-bond acceptors (Lipinski definition) is 3. The van der Waals surface area contributed by atoms with Gasteiger partial charge in [0.15, 0.2) is 0 Å². The van der Waals surface area contributed by atoms with Gasteiger partial charge in [-0.1, -0.05) is 54.6 Å². The molecule has 4 nitrogen and oxygen atoms in total. The number of benzodiazepines with no additional fused rings is 1. The standard InChI is InChI=1S/C21H19N3O/c22-14-8-1-2-9-15-24-19-13-7-6-12-18(19)21(23-16-20(24)25)17-10-4-3-5-11-17/h1,3-8,10-13H,2,9,15-16H2/b8-1-. The molecule has 2 aromatic rings. The van der Waals surface area contributed by atoms with E-state index in [2.05, 4.69) is 4.99 Å². The maximum Gasteiger partial charge on any atom is 0.248 e. The number of nitrogens with zero attached hydrogens (tertiary/aromatic N) is 3. The first-order chi connectivity index (χ1) is 12.3. The van der Waals surface area contributed by atoms with E-state index in [1.54, 1.807) is 0 Å². The number of rotatable bonds is 5. The number of nitriles is 1. The summed E-state index contributed by atoms with van der Waals surface area (Å²) in [7, 11) is 0. The summed E-state index contributed by atoms with van der Waals surface area (Å²) in [6.45, 7) is 0.760. The number of anilines is 1. The first-order valence-corrected chi connectivity index (χ1v) is 8.35. The average Bonchev–Trinajstić information content (AvgIpc) is 2.79. The van der Waals surface area contributed by atoms with Crippen LogP contribution in [-0.2, 0) is 4.79 Å². The summed E-state index contributed by atoms with van der Waals surface area (Å²) in [5, 5.41) is 8.54. The molecule has 0 radical (unpaired) electrons. The molecule has 0 saturated heterocycles. The molecule has 25 heavy (non-hydrogen) atoms. The fourth-order valence-electron chi connectivity index (χ4n) is 2.95. The number of para-hydroxylation sites is 1. The fraction of sp³-hybridized carbons (Fsp3) is 0.190. The fourth-order valence-corrected chi connectivity index (χ4v) is 2.95. The predicted molar refractivity (Wildman–Crippen MR) is 99.7 cm³/mol. The number of carbonyl (C=O) groups excluding carboxylic acids is 1. The van der Waals surface area contributed by atoms with E-state index < -0.39 is 0 Å². The van der Waals surface area contributed by atoms with Gasteiger partial charge in [0, 0.05) is 23.7 Å². The molecule has 0 unspecified atom stereocenters. The normalized spacial score (nSPS) is 14.0. The average molecular weight is 329 g/mol. The highest BCUT2D eigenvalue weighted by atomic mass is 16.2. The van der Waals surface area contributed by atoms with Crippen LogP contribution in [0.15, 0.2) is 71.7 Å². The van der Waals surface area contributed by atoms with Crippen LogP contribution in [0.1, 0.15) is 24.0 Å². The van der Waals surface area contributed by atoms with Gasteiger partial charge in [0.05, 0.1) is 17.5 Å². The van der Waals surface area contributed by atoms with Crippen LogP contribution in [0.25, 0.3) is 0 Å². The lowest BCUT2D eigenvalue weighted by Crippen LogP contribution is -2.33. The van der Waals surface area contributed by atoms with Gasteiger partial charge in [-0.3, -0.25) is 9.79 Å². The highest BCUT2D eigenvalue weighted by Gasteiger charge is 2.24. The zero-order chi connectivity index (χ0) is 17.5. The van der Waals surface area contributed by atoms with E-state index in [9.17, 15) is 4.79 Å². The van der Waals surface area contributed by atoms with Crippen LogP contribution in [0.2, 0.25) is 0 Å². The van der Waals surface area contributed by atoms with Gasteiger partial charge in [0.1, 0.15) is 6.54 Å². The molecule has 0 N–H and O–H groups in total. The van der Waals surface area contributed by atoms with Gasteiger partial charge >= 0.3 is 0 Å². The Morgan fingerprint density at radius 3 is 2.68 bits per heavy atom. The van der Waals surface area contributed by atoms with Crippen molar-refractivity contribution >= 4 is 17.3 Å². The Bertz CT molecular complexity index is 847. The summed E-state index contributed by atoms with van der Waals surface area (Å²) in [4.78, 5) is 19.0. The highest BCUT2D eigenvalue weighted by molar-refractivity contribution is 6.19. The number of carbonyl (C=O) groups is 1. The van der Waals surface area contributed by atoms with Crippen LogP contribution < -0.4 is 4.90 Å². The molecule has 0 saturated carbocycles. The van der Waals surface area contributed by atoms with Gasteiger partial charge in [0.2, 0.25) is 5.91 Å². The quantitative estimate of drug-likeness (QED) is 0.620. The minimum absolute atomic E-state index is 0.00245. The van der Waals surface area contributed by atoms with Crippen LogP contribution in [-0.4, -0.2) is 24.7 Å². The number of fused-ring (bicyclic) bond motifs is 1. The van der Waals surface area contributed by atoms with Crippen molar-refractivity contribution in [2.45, 2.75) is 12.8 Å². The van der Waals surface area contributed by atoms with Crippen LogP contribution in [0, 0.1) is 11.3 Å². The second kappa shape index (κ2) is 8.07. The molecule has 124 valence electrons. The molecule has 1 aliphatic rings. The molecule has 1 amide bonds. The second-order valence-electron chi connectivity index (χ2n) is 5.77. The molecule has 0 atom stereocenters. The van der Waals surface area contributed by atoms with Crippen LogP contribution >= 0.6 is 0 Å². The Balaban J connectivity index is 1.91. The smallest absolute Gasteiger partial charge is 0.248 e. The third-order valence-electron chi connectivity index (χ3n) is 4.12. The summed E-state index contributed by atoms with van der Waals surface area (Å²) < 4.78 is 0. The van der Waals surface area contributed by atoms with Crippen molar-refractivity contribution in [2.24, 2.45) is 4.99 Å². The summed E-state index contributed by atoms with van der Waals surface area (Å²) in [5.41, 5.74) is 3.75. The Labute approximate surface area is 147 Å². The van der Waals surface area contributed by atoms with E-state index in [1.807, 2.05) is 71.6 Å². The van der Waals surface area contributed by atoms with E-state index in [1.165, 1.54) is 6.08 Å². The van der Waals surface area contributed by atoms with Crippen molar-refractivity contribution < 1.29 is 4.79 Å². The minimum Gasteiger partial charge on any atom is -0.310 e. The molecule has 0 spiro atoms. The number of aliphatic imine (C=N–C) groups is 1. The van der Waals surface area contributed by atoms with Gasteiger partial charge < -0.3 is 4.90 Å². The third-order valence-corrected chi connectivity index (χ3v) is 4.12. The zero-order valence-electron chi connectivity index (χ0n) is 13.9. The van der Waals surface area contributed by atoms with E-state index >= 15 is 0 Å². The third kappa shape index (κ3) is 3.84. The van der Waals surface area contributed by atoms with E-state index in [4.69, 9.17) is 5.26 Å². The zero-order valence-corrected chi connectivity index (χ0v) is 13.9. The molecule has 2 aromatic carbocycles. The van der Waals surface area contributed by atoms with Gasteiger partial charge in [0.25, 0.3) is 0 Å². The van der Waals surface area contributed by atoms with Crippen molar-refractivity contribution in [3.8, 4) is 6.07 Å². The topological polar surface area (TPSA) is 56.5 Å². The molecule has 0 aromatic heterocycles. The first kappa shape index (κ1) is 16.7. The monoisotopic (exact) mass is 329 g/mol. The summed E-state index contributed by atoms with van der Waals surface area (Å²) in [6, 6.07) is 19.9. The van der Waals surface area contributed by atoms with Crippen molar-refractivity contribution in [1.29, 1.82) is 5.26 Å². The maximum atomic E-state index is 12.6. The molecule has 4 heteroatoms.